The smallest absolute Gasteiger partial charge is 0.263 e. The number of halogens is 1. The molecule has 0 aliphatic rings. The van der Waals surface area contributed by atoms with Gasteiger partial charge >= 0.3 is 0 Å². The average Bonchev–Trinajstić information content (AvgIpc) is 3.01. The highest BCUT2D eigenvalue weighted by molar-refractivity contribution is 7.92. The summed E-state index contributed by atoms with van der Waals surface area (Å²) in [7, 11) is -1.14. The molecule has 0 unspecified atom stereocenters. The van der Waals surface area contributed by atoms with E-state index in [0.717, 1.165) is 0 Å². The van der Waals surface area contributed by atoms with Crippen molar-refractivity contribution in [3.05, 3.63) is 102 Å². The lowest BCUT2D eigenvalue weighted by molar-refractivity contribution is -0.115. The van der Waals surface area contributed by atoms with E-state index < -0.39 is 15.9 Å². The van der Waals surface area contributed by atoms with E-state index in [2.05, 4.69) is 30.6 Å². The van der Waals surface area contributed by atoms with E-state index in [4.69, 9.17) is 9.47 Å². The number of anilines is 4. The molecule has 13 heteroatoms. The average molecular weight is 617 g/mol. The lowest BCUT2D eigenvalue weighted by atomic mass is 10.2. The molecular weight excluding hydrogens is 587 g/mol. The molecule has 4 aromatic carbocycles. The third-order valence-corrected chi connectivity index (χ3v) is 7.68. The number of rotatable bonds is 12. The number of amides is 1. The molecule has 0 aliphatic heterocycles. The number of benzene rings is 4. The first-order valence-electron chi connectivity index (χ1n) is 13.4. The number of nitrogens with zero attached hydrogens (tertiary/aromatic N) is 2. The number of hydrogen-bond donors (Lipinski definition) is 4. The van der Waals surface area contributed by atoms with Gasteiger partial charge in [-0.15, -0.1) is 0 Å². The van der Waals surface area contributed by atoms with Crippen molar-refractivity contribution in [2.45, 2.75) is 11.4 Å². The van der Waals surface area contributed by atoms with E-state index in [1.165, 1.54) is 44.6 Å². The summed E-state index contributed by atoms with van der Waals surface area (Å²) >= 11 is 0. The van der Waals surface area contributed by atoms with E-state index in [1.807, 2.05) is 0 Å². The second kappa shape index (κ2) is 13.4. The predicted octanol–water partition coefficient (Wildman–Crippen LogP) is 5.06. The number of carbonyl (C=O) groups is 1. The molecule has 0 saturated heterocycles. The van der Waals surface area contributed by atoms with Gasteiger partial charge in [-0.25, -0.2) is 22.8 Å². The molecule has 5 aromatic rings. The maximum Gasteiger partial charge on any atom is 0.263 e. The predicted molar refractivity (Wildman–Crippen MR) is 166 cm³/mol. The van der Waals surface area contributed by atoms with Gasteiger partial charge in [0.15, 0.2) is 11.6 Å². The van der Waals surface area contributed by atoms with Gasteiger partial charge in [-0.1, -0.05) is 30.3 Å². The fourth-order valence-corrected chi connectivity index (χ4v) is 5.33. The minimum atomic E-state index is -4.18. The van der Waals surface area contributed by atoms with Crippen LogP contribution in [0.1, 0.15) is 5.56 Å². The van der Waals surface area contributed by atoms with Gasteiger partial charge in [-0.2, -0.15) is 0 Å². The Bertz CT molecular complexity index is 1900. The first kappa shape index (κ1) is 30.2. The van der Waals surface area contributed by atoms with Crippen LogP contribution in [0.15, 0.2) is 95.9 Å². The zero-order valence-corrected chi connectivity index (χ0v) is 24.6. The maximum atomic E-state index is 13.5. The first-order valence-corrected chi connectivity index (χ1v) is 14.9. The number of nitrogens with one attached hydrogen (secondary N) is 4. The summed E-state index contributed by atoms with van der Waals surface area (Å²) in [6, 6.07) is 24.0. The summed E-state index contributed by atoms with van der Waals surface area (Å²) in [4.78, 5) is 21.5. The molecule has 0 bridgehead atoms. The van der Waals surface area contributed by atoms with Gasteiger partial charge in [0.25, 0.3) is 10.0 Å². The lowest BCUT2D eigenvalue weighted by Crippen LogP contribution is -2.27. The molecule has 0 radical (unpaired) electrons. The minimum absolute atomic E-state index is 0.0403. The molecule has 11 nitrogen and oxygen atoms in total. The number of ether oxygens (including phenoxy) is 2. The normalized spacial score (nSPS) is 11.2. The topological polar surface area (TPSA) is 144 Å². The Morgan fingerprint density at radius 2 is 1.48 bits per heavy atom. The lowest BCUT2D eigenvalue weighted by Gasteiger charge is -2.15. The van der Waals surface area contributed by atoms with Crippen LogP contribution in [0.25, 0.3) is 11.0 Å². The summed E-state index contributed by atoms with van der Waals surface area (Å²) in [5.74, 6) is 0.386. The highest BCUT2D eigenvalue weighted by atomic mass is 32.2. The molecule has 0 spiro atoms. The van der Waals surface area contributed by atoms with Crippen LogP contribution in [0, 0.1) is 5.82 Å². The van der Waals surface area contributed by atoms with Gasteiger partial charge in [0.2, 0.25) is 5.91 Å². The zero-order chi connectivity index (χ0) is 31.1. The minimum Gasteiger partial charge on any atom is -0.497 e. The van der Waals surface area contributed by atoms with Crippen molar-refractivity contribution in [3.63, 3.8) is 0 Å². The van der Waals surface area contributed by atoms with E-state index in [0.29, 0.717) is 33.8 Å². The van der Waals surface area contributed by atoms with Crippen LogP contribution in [0.2, 0.25) is 0 Å². The molecule has 0 saturated carbocycles. The number of methoxy groups -OCH3 is 2. The van der Waals surface area contributed by atoms with Crippen LogP contribution >= 0.6 is 0 Å². The van der Waals surface area contributed by atoms with Gasteiger partial charge in [0.1, 0.15) is 17.3 Å². The van der Waals surface area contributed by atoms with Crippen LogP contribution in [0.3, 0.4) is 0 Å². The van der Waals surface area contributed by atoms with E-state index in [1.54, 1.807) is 60.7 Å². The van der Waals surface area contributed by atoms with Gasteiger partial charge in [-0.3, -0.25) is 9.52 Å². The second-order valence-corrected chi connectivity index (χ2v) is 11.2. The van der Waals surface area contributed by atoms with Crippen molar-refractivity contribution in [1.29, 1.82) is 0 Å². The Hall–Kier alpha value is -5.27. The molecule has 1 amide bonds. The van der Waals surface area contributed by atoms with Crippen LogP contribution in [-0.4, -0.2) is 45.1 Å². The third-order valence-electron chi connectivity index (χ3n) is 6.35. The van der Waals surface area contributed by atoms with Crippen LogP contribution < -0.4 is 30.1 Å². The number of sulfonamides is 1. The van der Waals surface area contributed by atoms with Crippen LogP contribution in [0.4, 0.5) is 27.4 Å². The van der Waals surface area contributed by atoms with Gasteiger partial charge in [-0.05, 0) is 48.0 Å². The second-order valence-electron chi connectivity index (χ2n) is 9.55. The highest BCUT2D eigenvalue weighted by Crippen LogP contribution is 2.31. The van der Waals surface area contributed by atoms with Crippen molar-refractivity contribution < 1.29 is 27.1 Å². The SMILES string of the molecule is COc1cc(Nc2nc3ccccc3nc2NS(=O)(=O)c2cccc(NC(=O)CNCc3cccc(F)c3)c2)cc(OC)c1. The summed E-state index contributed by atoms with van der Waals surface area (Å²) in [5.41, 5.74) is 2.52. The van der Waals surface area contributed by atoms with Gasteiger partial charge < -0.3 is 25.4 Å². The first-order chi connectivity index (χ1) is 21.2. The van der Waals surface area contributed by atoms with E-state index >= 15 is 0 Å². The van der Waals surface area contributed by atoms with Crippen molar-refractivity contribution in [2.75, 3.05) is 36.1 Å². The van der Waals surface area contributed by atoms with Crippen molar-refractivity contribution in [3.8, 4) is 11.5 Å². The Labute approximate surface area is 253 Å². The molecule has 44 heavy (non-hydrogen) atoms. The zero-order valence-electron chi connectivity index (χ0n) is 23.8. The maximum absolute atomic E-state index is 13.5. The van der Waals surface area contributed by atoms with Crippen molar-refractivity contribution in [1.82, 2.24) is 15.3 Å². The number of carbonyl (C=O) groups excluding carboxylic acids is 1. The molecule has 0 aliphatic carbocycles. The standard InChI is InChI=1S/C31H29FN6O5S/c1-42-24-14-23(15-25(17-24)43-2)35-30-31(37-28-12-4-3-11-27(28)36-30)38-44(40,41)26-10-6-9-22(16-26)34-29(39)19-33-18-20-7-5-8-21(32)13-20/h3-17,33H,18-19H2,1-2H3,(H,34,39)(H,35,36)(H,37,38). The fraction of sp³-hybridized carbons (Fsp3) is 0.129. The Morgan fingerprint density at radius 1 is 0.795 bits per heavy atom. The fourth-order valence-electron chi connectivity index (χ4n) is 4.27. The van der Waals surface area contributed by atoms with Gasteiger partial charge in [0.05, 0.1) is 36.7 Å². The third kappa shape index (κ3) is 7.56. The van der Waals surface area contributed by atoms with Crippen LogP contribution in [0.5, 0.6) is 11.5 Å². The Balaban J connectivity index is 1.35. The summed E-state index contributed by atoms with van der Waals surface area (Å²) < 4.78 is 53.7. The largest absolute Gasteiger partial charge is 0.497 e. The monoisotopic (exact) mass is 616 g/mol. The number of para-hydroxylation sites is 2. The molecule has 226 valence electrons. The molecule has 5 rings (SSSR count). The molecule has 1 heterocycles. The quantitative estimate of drug-likeness (QED) is 0.151. The molecule has 0 fully saturated rings. The molecular formula is C31H29FN6O5S. The molecule has 1 aromatic heterocycles. The van der Waals surface area contributed by atoms with Crippen molar-refractivity contribution >= 4 is 50.0 Å². The number of aromatic nitrogens is 2. The van der Waals surface area contributed by atoms with E-state index in [-0.39, 0.29) is 41.1 Å². The molecule has 0 atom stereocenters. The van der Waals surface area contributed by atoms with Crippen molar-refractivity contribution in [2.24, 2.45) is 0 Å². The summed E-state index contributed by atoms with van der Waals surface area (Å²) in [5, 5.41) is 8.72. The van der Waals surface area contributed by atoms with Gasteiger partial charge in [0, 0.05) is 36.1 Å². The Morgan fingerprint density at radius 3 is 2.16 bits per heavy atom. The number of hydrogen-bond acceptors (Lipinski definition) is 9. The summed E-state index contributed by atoms with van der Waals surface area (Å²) in [6.07, 6.45) is 0. The highest BCUT2D eigenvalue weighted by Gasteiger charge is 2.20. The number of fused-ring (bicyclic) bond motifs is 1. The molecule has 4 N–H and O–H groups in total. The summed E-state index contributed by atoms with van der Waals surface area (Å²) in [6.45, 7) is 0.220. The van der Waals surface area contributed by atoms with E-state index in [9.17, 15) is 17.6 Å². The van der Waals surface area contributed by atoms with Crippen LogP contribution in [-0.2, 0) is 21.4 Å². The Kier molecular flexibility index (Phi) is 9.17.